The van der Waals surface area contributed by atoms with Crippen LogP contribution in [0, 0.1) is 11.8 Å². The lowest BCUT2D eigenvalue weighted by Crippen LogP contribution is -2.50. The highest BCUT2D eigenvalue weighted by atomic mass is 35.5. The summed E-state index contributed by atoms with van der Waals surface area (Å²) in [6.45, 7) is 8.28. The fourth-order valence-corrected chi connectivity index (χ4v) is 3.24. The molecule has 1 fully saturated rings. The van der Waals surface area contributed by atoms with Gasteiger partial charge in [-0.3, -0.25) is 4.79 Å². The van der Waals surface area contributed by atoms with Crippen molar-refractivity contribution in [2.24, 2.45) is 11.8 Å². The molecule has 1 aromatic carbocycles. The Balaban J connectivity index is 2.12. The molecule has 3 nitrogen and oxygen atoms in total. The Labute approximate surface area is 132 Å². The first-order valence-electron chi connectivity index (χ1n) is 7.75. The van der Waals surface area contributed by atoms with Crippen molar-refractivity contribution in [3.8, 4) is 0 Å². The molecule has 1 amide bonds. The molecule has 1 aliphatic rings. The van der Waals surface area contributed by atoms with Crippen LogP contribution in [0.3, 0.4) is 0 Å². The number of hydrogen-bond acceptors (Lipinski definition) is 2. The van der Waals surface area contributed by atoms with Crippen LogP contribution in [-0.4, -0.2) is 25.0 Å². The van der Waals surface area contributed by atoms with Crippen molar-refractivity contribution in [1.82, 2.24) is 10.6 Å². The van der Waals surface area contributed by atoms with Gasteiger partial charge in [-0.15, -0.1) is 0 Å². The van der Waals surface area contributed by atoms with Crippen molar-refractivity contribution < 1.29 is 4.79 Å². The number of carbonyl (C=O) groups is 1. The lowest BCUT2D eigenvalue weighted by molar-refractivity contribution is -0.124. The zero-order chi connectivity index (χ0) is 15.4. The topological polar surface area (TPSA) is 41.1 Å². The Morgan fingerprint density at radius 3 is 2.81 bits per heavy atom. The van der Waals surface area contributed by atoms with Gasteiger partial charge in [0.05, 0.1) is 5.92 Å². The van der Waals surface area contributed by atoms with Crippen LogP contribution in [0.5, 0.6) is 0 Å². The van der Waals surface area contributed by atoms with Gasteiger partial charge in [0.2, 0.25) is 5.91 Å². The number of amides is 1. The minimum atomic E-state index is -0.147. The molecule has 1 aromatic rings. The van der Waals surface area contributed by atoms with E-state index in [0.29, 0.717) is 10.9 Å². The molecule has 1 saturated heterocycles. The van der Waals surface area contributed by atoms with Gasteiger partial charge in [0, 0.05) is 11.1 Å². The predicted octanol–water partition coefficient (Wildman–Crippen LogP) is 3.19. The van der Waals surface area contributed by atoms with Crippen molar-refractivity contribution in [3.05, 3.63) is 34.9 Å². The van der Waals surface area contributed by atoms with E-state index in [9.17, 15) is 4.79 Å². The minimum Gasteiger partial charge on any atom is -0.352 e. The SMILES string of the molecule is CC(C)C(C(=O)NC1CCNCC1C)c1cccc(Cl)c1. The van der Waals surface area contributed by atoms with E-state index in [2.05, 4.69) is 31.4 Å². The maximum Gasteiger partial charge on any atom is 0.228 e. The summed E-state index contributed by atoms with van der Waals surface area (Å²) in [7, 11) is 0. The molecule has 0 saturated carbocycles. The molecule has 0 bridgehead atoms. The standard InChI is InChI=1S/C17H25ClN2O/c1-11(2)16(13-5-4-6-14(18)9-13)17(21)20-15-7-8-19-10-12(15)3/h4-6,9,11-12,15-16,19H,7-8,10H2,1-3H3,(H,20,21). The summed E-state index contributed by atoms with van der Waals surface area (Å²) in [5.74, 6) is 0.673. The highest BCUT2D eigenvalue weighted by Gasteiger charge is 2.29. The van der Waals surface area contributed by atoms with Crippen molar-refractivity contribution >= 4 is 17.5 Å². The van der Waals surface area contributed by atoms with Crippen molar-refractivity contribution in [1.29, 1.82) is 0 Å². The summed E-state index contributed by atoms with van der Waals surface area (Å²) < 4.78 is 0. The van der Waals surface area contributed by atoms with Crippen LogP contribution in [0.2, 0.25) is 5.02 Å². The molecule has 1 aliphatic heterocycles. The number of benzene rings is 1. The molecule has 0 spiro atoms. The lowest BCUT2D eigenvalue weighted by atomic mass is 9.86. The summed E-state index contributed by atoms with van der Waals surface area (Å²) in [5.41, 5.74) is 0.997. The molecule has 2 N–H and O–H groups in total. The second kappa shape index (κ2) is 7.28. The molecule has 3 unspecified atom stereocenters. The second-order valence-electron chi connectivity index (χ2n) is 6.36. The molecule has 2 rings (SSSR count). The number of piperidine rings is 1. The fourth-order valence-electron chi connectivity index (χ4n) is 3.04. The number of rotatable bonds is 4. The van der Waals surface area contributed by atoms with Gasteiger partial charge >= 0.3 is 0 Å². The number of halogens is 1. The third-order valence-corrected chi connectivity index (χ3v) is 4.50. The first-order chi connectivity index (χ1) is 9.99. The lowest BCUT2D eigenvalue weighted by Gasteiger charge is -2.32. The van der Waals surface area contributed by atoms with Crippen LogP contribution in [0.4, 0.5) is 0 Å². The van der Waals surface area contributed by atoms with Gasteiger partial charge in [-0.05, 0) is 49.0 Å². The first kappa shape index (κ1) is 16.3. The van der Waals surface area contributed by atoms with Crippen LogP contribution in [0.25, 0.3) is 0 Å². The van der Waals surface area contributed by atoms with E-state index >= 15 is 0 Å². The van der Waals surface area contributed by atoms with Crippen LogP contribution in [0.1, 0.15) is 38.7 Å². The maximum atomic E-state index is 12.7. The Morgan fingerprint density at radius 1 is 1.43 bits per heavy atom. The van der Waals surface area contributed by atoms with Crippen molar-refractivity contribution in [2.45, 2.75) is 39.2 Å². The third-order valence-electron chi connectivity index (χ3n) is 4.27. The molecule has 4 heteroatoms. The Kier molecular flexibility index (Phi) is 5.65. The maximum absolute atomic E-state index is 12.7. The van der Waals surface area contributed by atoms with Gasteiger partial charge in [0.1, 0.15) is 0 Å². The zero-order valence-corrected chi connectivity index (χ0v) is 13.8. The summed E-state index contributed by atoms with van der Waals surface area (Å²) in [5, 5.41) is 7.29. The molecule has 0 aliphatic carbocycles. The quantitative estimate of drug-likeness (QED) is 0.897. The summed E-state index contributed by atoms with van der Waals surface area (Å²) in [6.07, 6.45) is 0.993. The second-order valence-corrected chi connectivity index (χ2v) is 6.80. The van der Waals surface area contributed by atoms with E-state index < -0.39 is 0 Å². The zero-order valence-electron chi connectivity index (χ0n) is 13.0. The van der Waals surface area contributed by atoms with E-state index in [0.717, 1.165) is 25.1 Å². The summed E-state index contributed by atoms with van der Waals surface area (Å²) >= 11 is 6.07. The van der Waals surface area contributed by atoms with Crippen LogP contribution < -0.4 is 10.6 Å². The van der Waals surface area contributed by atoms with Gasteiger partial charge in [0.25, 0.3) is 0 Å². The van der Waals surface area contributed by atoms with Crippen LogP contribution in [0.15, 0.2) is 24.3 Å². The Morgan fingerprint density at radius 2 is 2.19 bits per heavy atom. The Bertz CT molecular complexity index is 489. The average molecular weight is 309 g/mol. The average Bonchev–Trinajstić information content (AvgIpc) is 2.41. The van der Waals surface area contributed by atoms with E-state index in [-0.39, 0.29) is 23.8 Å². The van der Waals surface area contributed by atoms with Gasteiger partial charge in [-0.2, -0.15) is 0 Å². The smallest absolute Gasteiger partial charge is 0.228 e. The monoisotopic (exact) mass is 308 g/mol. The van der Waals surface area contributed by atoms with Gasteiger partial charge in [-0.25, -0.2) is 0 Å². The van der Waals surface area contributed by atoms with Crippen molar-refractivity contribution in [2.75, 3.05) is 13.1 Å². The van der Waals surface area contributed by atoms with E-state index in [1.807, 2.05) is 24.3 Å². The molecular formula is C17H25ClN2O. The first-order valence-corrected chi connectivity index (χ1v) is 8.13. The normalized spacial score (nSPS) is 23.9. The van der Waals surface area contributed by atoms with Gasteiger partial charge in [0.15, 0.2) is 0 Å². The highest BCUT2D eigenvalue weighted by Crippen LogP contribution is 2.27. The highest BCUT2D eigenvalue weighted by molar-refractivity contribution is 6.30. The summed E-state index contributed by atoms with van der Waals surface area (Å²) in [6, 6.07) is 7.90. The Hall–Kier alpha value is -1.06. The van der Waals surface area contributed by atoms with Crippen LogP contribution in [-0.2, 0) is 4.79 Å². The van der Waals surface area contributed by atoms with Gasteiger partial charge < -0.3 is 10.6 Å². The van der Waals surface area contributed by atoms with E-state index in [4.69, 9.17) is 11.6 Å². The molecule has 116 valence electrons. The number of hydrogen-bond donors (Lipinski definition) is 2. The largest absolute Gasteiger partial charge is 0.352 e. The van der Waals surface area contributed by atoms with E-state index in [1.54, 1.807) is 0 Å². The van der Waals surface area contributed by atoms with Gasteiger partial charge in [-0.1, -0.05) is 44.5 Å². The predicted molar refractivity (Wildman–Crippen MR) is 87.6 cm³/mol. The minimum absolute atomic E-state index is 0.117. The molecule has 0 aromatic heterocycles. The summed E-state index contributed by atoms with van der Waals surface area (Å²) in [4.78, 5) is 12.7. The molecule has 1 heterocycles. The van der Waals surface area contributed by atoms with E-state index in [1.165, 1.54) is 0 Å². The fraction of sp³-hybridized carbons (Fsp3) is 0.588. The third kappa shape index (κ3) is 4.21. The van der Waals surface area contributed by atoms with Crippen molar-refractivity contribution in [3.63, 3.8) is 0 Å². The molecule has 0 radical (unpaired) electrons. The molecular weight excluding hydrogens is 284 g/mol. The molecule has 3 atom stereocenters. The number of carbonyl (C=O) groups excluding carboxylic acids is 1. The number of nitrogens with one attached hydrogen (secondary N) is 2. The molecule has 21 heavy (non-hydrogen) atoms. The van der Waals surface area contributed by atoms with Crippen LogP contribution >= 0.6 is 11.6 Å².